The van der Waals surface area contributed by atoms with Crippen LogP contribution in [0.2, 0.25) is 0 Å². The molecule has 0 saturated heterocycles. The second-order valence-electron chi connectivity index (χ2n) is 9.09. The van der Waals surface area contributed by atoms with Crippen LogP contribution in [0.4, 0.5) is 23.7 Å². The average molecular weight is 429 g/mol. The van der Waals surface area contributed by atoms with Crippen LogP contribution in [0.5, 0.6) is 5.75 Å². The molecule has 0 spiro atoms. The first-order valence-electron chi connectivity index (χ1n) is 10.6. The van der Waals surface area contributed by atoms with Crippen LogP contribution in [0.3, 0.4) is 0 Å². The smallest absolute Gasteiger partial charge is 0.420 e. The lowest BCUT2D eigenvalue weighted by atomic mass is 9.90. The molecular formula is C23H22F3N3O2. The van der Waals surface area contributed by atoms with Gasteiger partial charge in [0.1, 0.15) is 5.75 Å². The number of anilines is 1. The van der Waals surface area contributed by atoms with E-state index in [2.05, 4.69) is 16.4 Å². The van der Waals surface area contributed by atoms with Gasteiger partial charge in [0.25, 0.3) is 0 Å². The third-order valence-corrected chi connectivity index (χ3v) is 7.79. The highest BCUT2D eigenvalue weighted by molar-refractivity contribution is 5.95. The van der Waals surface area contributed by atoms with Crippen LogP contribution in [0, 0.1) is 23.7 Å². The van der Waals surface area contributed by atoms with E-state index in [1.54, 1.807) is 6.20 Å². The van der Waals surface area contributed by atoms with Gasteiger partial charge in [0.05, 0.1) is 12.7 Å². The normalized spacial score (nSPS) is 32.2. The van der Waals surface area contributed by atoms with E-state index in [0.717, 1.165) is 12.5 Å². The van der Waals surface area contributed by atoms with Gasteiger partial charge >= 0.3 is 12.2 Å². The summed E-state index contributed by atoms with van der Waals surface area (Å²) in [6.45, 7) is 0.368. The van der Waals surface area contributed by atoms with Crippen LogP contribution < -0.4 is 15.0 Å². The molecule has 5 nitrogen and oxygen atoms in total. The summed E-state index contributed by atoms with van der Waals surface area (Å²) in [6.07, 6.45) is 0.754. The number of urea groups is 1. The number of fused-ring (bicyclic) bond motifs is 1. The van der Waals surface area contributed by atoms with Crippen LogP contribution in [-0.4, -0.2) is 30.7 Å². The molecule has 1 N–H and O–H groups in total. The van der Waals surface area contributed by atoms with E-state index in [-0.39, 0.29) is 17.8 Å². The van der Waals surface area contributed by atoms with Crippen molar-refractivity contribution in [1.82, 2.24) is 10.3 Å². The predicted octanol–water partition coefficient (Wildman–Crippen LogP) is 4.23. The molecule has 1 aromatic heterocycles. The molecule has 1 aromatic carbocycles. The van der Waals surface area contributed by atoms with Gasteiger partial charge in [0.2, 0.25) is 0 Å². The van der Waals surface area contributed by atoms with Crippen molar-refractivity contribution in [3.05, 3.63) is 53.3 Å². The monoisotopic (exact) mass is 429 g/mol. The van der Waals surface area contributed by atoms with E-state index < -0.39 is 11.7 Å². The van der Waals surface area contributed by atoms with E-state index >= 15 is 0 Å². The van der Waals surface area contributed by atoms with Gasteiger partial charge in [0, 0.05) is 30.7 Å². The molecule has 4 fully saturated rings. The first-order valence-corrected chi connectivity index (χ1v) is 10.6. The third-order valence-electron chi connectivity index (χ3n) is 7.79. The Morgan fingerprint density at radius 3 is 2.77 bits per heavy atom. The average Bonchev–Trinajstić information content (AvgIpc) is 3.15. The number of pyridine rings is 1. The molecular weight excluding hydrogens is 407 g/mol. The minimum Gasteiger partial charge on any atom is -0.496 e. The summed E-state index contributed by atoms with van der Waals surface area (Å²) in [7, 11) is 1.23. The number of nitrogens with one attached hydrogen (secondary N) is 1. The fraction of sp³-hybridized carbons (Fsp3) is 0.478. The highest BCUT2D eigenvalue weighted by atomic mass is 19.4. The maximum atomic E-state index is 13.5. The van der Waals surface area contributed by atoms with Gasteiger partial charge in [-0.15, -0.1) is 0 Å². The first-order chi connectivity index (χ1) is 14.9. The number of carbonyl (C=O) groups is 1. The summed E-state index contributed by atoms with van der Waals surface area (Å²) in [6, 6.07) is 6.29. The standard InChI is InChI=1S/C23H22F3N3O2/c1-31-17-7-11-4-6-29(16(11)9-15(17)23(24,25)26)22(30)28-21-14-8-13-19(20(13)21)18(14)12-3-2-5-27-10-12/h2-3,5,7,9-10,13-14,18-21H,4,6,8H2,1H3,(H,28,30)/t13?,14?,18-,19?,20?,21+/m0/s1. The van der Waals surface area contributed by atoms with Crippen molar-refractivity contribution in [2.75, 3.05) is 18.6 Å². The fourth-order valence-corrected chi connectivity index (χ4v) is 6.64. The molecule has 8 heteroatoms. The summed E-state index contributed by atoms with van der Waals surface area (Å²) < 4.78 is 45.4. The second kappa shape index (κ2) is 6.37. The van der Waals surface area contributed by atoms with Crippen molar-refractivity contribution in [3.63, 3.8) is 0 Å². The molecule has 2 heterocycles. The van der Waals surface area contributed by atoms with Crippen LogP contribution in [0.1, 0.15) is 29.0 Å². The number of ether oxygens (including phenoxy) is 1. The summed E-state index contributed by atoms with van der Waals surface area (Å²) in [4.78, 5) is 18.8. The molecule has 2 amide bonds. The maximum absolute atomic E-state index is 13.5. The van der Waals surface area contributed by atoms with Gasteiger partial charge in [-0.05, 0) is 71.8 Å². The molecule has 162 valence electrons. The lowest BCUT2D eigenvalue weighted by Gasteiger charge is -2.26. The Morgan fingerprint density at radius 2 is 2.10 bits per heavy atom. The number of carbonyl (C=O) groups excluding carboxylic acids is 1. The van der Waals surface area contributed by atoms with Crippen molar-refractivity contribution in [3.8, 4) is 5.75 Å². The molecule has 2 aromatic rings. The van der Waals surface area contributed by atoms with Gasteiger partial charge in [-0.25, -0.2) is 4.79 Å². The number of alkyl halides is 3. The number of nitrogens with zero attached hydrogens (tertiary/aromatic N) is 2. The van der Waals surface area contributed by atoms with Crippen LogP contribution in [-0.2, 0) is 12.6 Å². The zero-order valence-corrected chi connectivity index (χ0v) is 16.9. The molecule has 5 aliphatic rings. The van der Waals surface area contributed by atoms with Crippen LogP contribution in [0.25, 0.3) is 0 Å². The molecule has 1 aliphatic heterocycles. The van der Waals surface area contributed by atoms with Gasteiger partial charge in [-0.2, -0.15) is 13.2 Å². The number of hydrogen-bond donors (Lipinski definition) is 1. The molecule has 31 heavy (non-hydrogen) atoms. The van der Waals surface area contributed by atoms with E-state index in [1.807, 2.05) is 12.3 Å². The minimum absolute atomic E-state index is 0.0806. The number of rotatable bonds is 3. The van der Waals surface area contributed by atoms with Crippen LogP contribution in [0.15, 0.2) is 36.7 Å². The van der Waals surface area contributed by atoms with E-state index in [4.69, 9.17) is 4.74 Å². The quantitative estimate of drug-likeness (QED) is 0.795. The van der Waals surface area contributed by atoms with Gasteiger partial charge in [-0.3, -0.25) is 9.88 Å². The second-order valence-corrected chi connectivity index (χ2v) is 9.09. The van der Waals surface area contributed by atoms with E-state index in [9.17, 15) is 18.0 Å². The highest BCUT2D eigenvalue weighted by Crippen LogP contribution is 2.75. The molecule has 4 unspecified atom stereocenters. The Bertz CT molecular complexity index is 1060. The predicted molar refractivity (Wildman–Crippen MR) is 107 cm³/mol. The topological polar surface area (TPSA) is 54.5 Å². The zero-order valence-electron chi connectivity index (χ0n) is 16.9. The lowest BCUT2D eigenvalue weighted by Crippen LogP contribution is -2.46. The zero-order chi connectivity index (χ0) is 21.5. The van der Waals surface area contributed by atoms with Gasteiger partial charge < -0.3 is 10.1 Å². The van der Waals surface area contributed by atoms with Crippen molar-refractivity contribution in [1.29, 1.82) is 0 Å². The van der Waals surface area contributed by atoms with Gasteiger partial charge in [0.15, 0.2) is 0 Å². The summed E-state index contributed by atoms with van der Waals surface area (Å²) in [5, 5.41) is 3.19. The van der Waals surface area contributed by atoms with Crippen LogP contribution >= 0.6 is 0 Å². The lowest BCUT2D eigenvalue weighted by molar-refractivity contribution is -0.138. The maximum Gasteiger partial charge on any atom is 0.420 e. The Labute approximate surface area is 177 Å². The number of amides is 2. The van der Waals surface area contributed by atoms with Crippen molar-refractivity contribution in [2.45, 2.75) is 31.0 Å². The van der Waals surface area contributed by atoms with Gasteiger partial charge in [-0.1, -0.05) is 6.07 Å². The number of benzene rings is 1. The molecule has 7 rings (SSSR count). The van der Waals surface area contributed by atoms with Crippen molar-refractivity contribution < 1.29 is 22.7 Å². The molecule has 0 radical (unpaired) electrons. The Balaban J connectivity index is 1.24. The number of hydrogen-bond acceptors (Lipinski definition) is 3. The number of methoxy groups -OCH3 is 1. The molecule has 6 atom stereocenters. The summed E-state index contributed by atoms with van der Waals surface area (Å²) in [5.74, 6) is 2.30. The number of aromatic nitrogens is 1. The largest absolute Gasteiger partial charge is 0.496 e. The number of halogens is 3. The SMILES string of the molecule is COc1cc2c(cc1C(F)(F)F)N(C(=O)N[C@H]1C3C4CC1[C@H](c1cccnc1)C43)CC2. The van der Waals surface area contributed by atoms with Crippen molar-refractivity contribution >= 4 is 11.7 Å². The Hall–Kier alpha value is -2.77. The Morgan fingerprint density at radius 1 is 1.26 bits per heavy atom. The van der Waals surface area contributed by atoms with E-state index in [0.29, 0.717) is 53.8 Å². The molecule has 4 aliphatic carbocycles. The fourth-order valence-electron chi connectivity index (χ4n) is 6.64. The highest BCUT2D eigenvalue weighted by Gasteiger charge is 2.73. The third kappa shape index (κ3) is 2.69. The molecule has 4 saturated carbocycles. The minimum atomic E-state index is -4.55. The first kappa shape index (κ1) is 19.0. The summed E-state index contributed by atoms with van der Waals surface area (Å²) >= 11 is 0. The summed E-state index contributed by atoms with van der Waals surface area (Å²) in [5.41, 5.74) is 1.41. The Kier molecular flexibility index (Phi) is 3.90. The molecule has 4 bridgehead atoms. The van der Waals surface area contributed by atoms with Crippen molar-refractivity contribution in [2.24, 2.45) is 23.7 Å². The van der Waals surface area contributed by atoms with E-state index in [1.165, 1.54) is 23.6 Å².